The number of carbonyl (C=O) groups is 1. The quantitative estimate of drug-likeness (QED) is 0.379. The number of pyridine rings is 1. The van der Waals surface area contributed by atoms with Crippen LogP contribution in [0.4, 0.5) is 13.2 Å². The van der Waals surface area contributed by atoms with Crippen molar-refractivity contribution in [2.45, 2.75) is 54.2 Å². The van der Waals surface area contributed by atoms with Gasteiger partial charge < -0.3 is 14.7 Å². The average Bonchev–Trinajstić information content (AvgIpc) is 2.89. The lowest BCUT2D eigenvalue weighted by atomic mass is 9.79. The summed E-state index contributed by atoms with van der Waals surface area (Å²) in [6.45, 7) is -0.250. The fraction of sp³-hybridized carbons (Fsp3) is 0.385. The maximum Gasteiger partial charge on any atom is 0.416 e. The number of ether oxygens (including phenoxy) is 1. The summed E-state index contributed by atoms with van der Waals surface area (Å²) in [5, 5.41) is 6.87. The number of alkyl halides is 3. The Kier molecular flexibility index (Phi) is 10.4. The zero-order valence-corrected chi connectivity index (χ0v) is 23.2. The number of carboxylic acid groups (broad SMARTS) is 1. The molecule has 4 rings (SSSR count). The van der Waals surface area contributed by atoms with E-state index >= 15 is 0 Å². The molecule has 0 amide bonds. The van der Waals surface area contributed by atoms with Crippen molar-refractivity contribution < 1.29 is 36.2 Å². The second-order valence-corrected chi connectivity index (χ2v) is 11.7. The minimum Gasteiger partial charge on any atom is -0.483 e. The monoisotopic (exact) mass is 600 g/mol. The molecule has 216 valence electrons. The van der Waals surface area contributed by atoms with Crippen molar-refractivity contribution in [3.63, 3.8) is 0 Å². The normalized spacial score (nSPS) is 19.4. The molecule has 1 fully saturated rings. The van der Waals surface area contributed by atoms with E-state index in [0.29, 0.717) is 30.5 Å². The summed E-state index contributed by atoms with van der Waals surface area (Å²) >= 11 is 6.32. The summed E-state index contributed by atoms with van der Waals surface area (Å²) < 4.78 is 71.4. The second-order valence-electron chi connectivity index (χ2n) is 9.34. The Morgan fingerprint density at radius 1 is 1.18 bits per heavy atom. The summed E-state index contributed by atoms with van der Waals surface area (Å²) in [5.41, 5.74) is 0.329. The molecule has 0 spiro atoms. The van der Waals surface area contributed by atoms with E-state index in [1.165, 1.54) is 43.0 Å². The molecule has 0 unspecified atom stereocenters. The Morgan fingerprint density at radius 3 is 2.50 bits per heavy atom. The minimum absolute atomic E-state index is 0.0156. The van der Waals surface area contributed by atoms with Crippen molar-refractivity contribution in [2.75, 3.05) is 14.1 Å². The second kappa shape index (κ2) is 13.4. The van der Waals surface area contributed by atoms with Crippen molar-refractivity contribution >= 4 is 27.9 Å². The minimum atomic E-state index is -4.39. The zero-order valence-electron chi connectivity index (χ0n) is 21.6. The molecule has 9 nitrogen and oxygen atoms in total. The Bertz CT molecular complexity index is 1390. The van der Waals surface area contributed by atoms with Crippen LogP contribution >= 0.6 is 11.6 Å². The topological polar surface area (TPSA) is 123 Å². The summed E-state index contributed by atoms with van der Waals surface area (Å²) in [5.74, 6) is -0.222. The van der Waals surface area contributed by atoms with Gasteiger partial charge in [-0.1, -0.05) is 29.8 Å². The third-order valence-electron chi connectivity index (χ3n) is 6.49. The molecule has 3 aromatic rings. The summed E-state index contributed by atoms with van der Waals surface area (Å²) in [4.78, 5) is 22.1. The molecule has 3 atom stereocenters. The first-order valence-electron chi connectivity index (χ1n) is 12.1. The van der Waals surface area contributed by atoms with Crippen LogP contribution in [0.2, 0.25) is 5.02 Å². The van der Waals surface area contributed by atoms with Crippen LogP contribution in [-0.2, 0) is 26.6 Å². The van der Waals surface area contributed by atoms with Crippen molar-refractivity contribution in [3.05, 3.63) is 77.0 Å². The highest BCUT2D eigenvalue weighted by molar-refractivity contribution is 7.90. The highest BCUT2D eigenvalue weighted by Gasteiger charge is 2.36. The van der Waals surface area contributed by atoms with E-state index in [4.69, 9.17) is 26.2 Å². The van der Waals surface area contributed by atoms with Crippen LogP contribution < -0.4 is 4.74 Å². The van der Waals surface area contributed by atoms with Gasteiger partial charge in [0.15, 0.2) is 9.84 Å². The van der Waals surface area contributed by atoms with Crippen LogP contribution in [0.1, 0.15) is 42.0 Å². The zero-order chi connectivity index (χ0) is 29.5. The molecule has 0 bridgehead atoms. The van der Waals surface area contributed by atoms with Gasteiger partial charge in [-0.05, 0) is 57.0 Å². The molecule has 1 aromatic carbocycles. The van der Waals surface area contributed by atoms with Crippen molar-refractivity contribution in [3.8, 4) is 5.88 Å². The maximum atomic E-state index is 13.2. The lowest BCUT2D eigenvalue weighted by Crippen LogP contribution is -2.46. The van der Waals surface area contributed by atoms with E-state index in [0.717, 1.165) is 6.07 Å². The predicted octanol–water partition coefficient (Wildman–Crippen LogP) is 4.86. The number of rotatable bonds is 7. The Labute approximate surface area is 234 Å². The number of hydrogen-bond donors (Lipinski definition) is 1. The molecule has 2 heterocycles. The van der Waals surface area contributed by atoms with Crippen LogP contribution in [0.25, 0.3) is 0 Å². The first-order chi connectivity index (χ1) is 18.9. The number of halogens is 4. The third kappa shape index (κ3) is 8.12. The molecule has 0 aliphatic heterocycles. The van der Waals surface area contributed by atoms with Gasteiger partial charge in [0.25, 0.3) is 6.47 Å². The Balaban J connectivity index is 0.00000141. The van der Waals surface area contributed by atoms with Gasteiger partial charge in [0.05, 0.1) is 28.2 Å². The molecule has 1 aliphatic carbocycles. The fourth-order valence-corrected chi connectivity index (χ4v) is 6.38. The van der Waals surface area contributed by atoms with E-state index in [1.54, 1.807) is 6.07 Å². The Hall–Kier alpha value is -3.29. The van der Waals surface area contributed by atoms with Gasteiger partial charge in [0.1, 0.15) is 17.3 Å². The molecule has 0 radical (unpaired) electrons. The van der Waals surface area contributed by atoms with Crippen LogP contribution in [0, 0.1) is 0 Å². The highest BCUT2D eigenvalue weighted by Crippen LogP contribution is 2.39. The number of nitrogens with zero attached hydrogens (tertiary/aromatic N) is 4. The van der Waals surface area contributed by atoms with Gasteiger partial charge in [-0.15, -0.1) is 0 Å². The van der Waals surface area contributed by atoms with Crippen LogP contribution in [0.3, 0.4) is 0 Å². The molecule has 0 saturated heterocycles. The molecular formula is C26H28ClF3N4O5S. The van der Waals surface area contributed by atoms with Crippen LogP contribution in [-0.4, -0.2) is 66.1 Å². The standard InChI is InChI=1S/C25H26ClF3N4O3S.CH2O2/c1-33(2)21-11-17(16-4-3-5-18(10-16)25(27,28)29)6-7-22(21)36-24-12-20(26)23(13-31-24)37(34,35)14-19-8-9-30-15-32-19;2-1-3/h3-5,8-10,12-13,15,17,21-22H,6-7,11,14H2,1-2H3;1H,(H,2,3)/t17-,21-,22-;/m0./s1. The number of aromatic nitrogens is 3. The van der Waals surface area contributed by atoms with Crippen LogP contribution in [0.5, 0.6) is 5.88 Å². The molecule has 40 heavy (non-hydrogen) atoms. The van der Waals surface area contributed by atoms with E-state index in [2.05, 4.69) is 15.0 Å². The lowest BCUT2D eigenvalue weighted by Gasteiger charge is -2.39. The summed E-state index contributed by atoms with van der Waals surface area (Å²) in [6.07, 6.45) is 1.01. The highest BCUT2D eigenvalue weighted by atomic mass is 35.5. The van der Waals surface area contributed by atoms with Crippen LogP contribution in [0.15, 0.2) is 60.0 Å². The van der Waals surface area contributed by atoms with Gasteiger partial charge in [-0.2, -0.15) is 13.2 Å². The van der Waals surface area contributed by atoms with Gasteiger partial charge in [0, 0.05) is 18.3 Å². The fourth-order valence-electron chi connectivity index (χ4n) is 4.60. The van der Waals surface area contributed by atoms with Gasteiger partial charge in [-0.3, -0.25) is 4.79 Å². The van der Waals surface area contributed by atoms with E-state index in [1.807, 2.05) is 19.0 Å². The van der Waals surface area contributed by atoms with Gasteiger partial charge >= 0.3 is 6.18 Å². The van der Waals surface area contributed by atoms with Crippen molar-refractivity contribution in [1.29, 1.82) is 0 Å². The maximum absolute atomic E-state index is 13.2. The molecule has 1 N–H and O–H groups in total. The molecule has 1 aliphatic rings. The molecular weight excluding hydrogens is 573 g/mol. The van der Waals surface area contributed by atoms with Crippen molar-refractivity contribution in [2.24, 2.45) is 0 Å². The number of benzene rings is 1. The van der Waals surface area contributed by atoms with E-state index in [-0.39, 0.29) is 46.1 Å². The molecule has 1 saturated carbocycles. The third-order valence-corrected chi connectivity index (χ3v) is 8.58. The first-order valence-corrected chi connectivity index (χ1v) is 14.1. The number of hydrogen-bond acceptors (Lipinski definition) is 8. The van der Waals surface area contributed by atoms with E-state index in [9.17, 15) is 21.6 Å². The number of sulfone groups is 1. The van der Waals surface area contributed by atoms with Gasteiger partial charge in [0.2, 0.25) is 5.88 Å². The van der Waals surface area contributed by atoms with Crippen molar-refractivity contribution in [1.82, 2.24) is 19.9 Å². The summed E-state index contributed by atoms with van der Waals surface area (Å²) in [6, 6.07) is 8.26. The van der Waals surface area contributed by atoms with E-state index < -0.39 is 21.6 Å². The number of likely N-dealkylation sites (N-methyl/N-ethyl adjacent to an activating group) is 1. The largest absolute Gasteiger partial charge is 0.483 e. The first kappa shape index (κ1) is 31.2. The molecule has 2 aromatic heterocycles. The predicted molar refractivity (Wildman–Crippen MR) is 141 cm³/mol. The lowest BCUT2D eigenvalue weighted by molar-refractivity contribution is -0.137. The Morgan fingerprint density at radius 2 is 1.90 bits per heavy atom. The molecule has 14 heteroatoms. The summed E-state index contributed by atoms with van der Waals surface area (Å²) in [7, 11) is -0.0233. The van der Waals surface area contributed by atoms with Gasteiger partial charge in [-0.25, -0.2) is 23.4 Å². The smallest absolute Gasteiger partial charge is 0.416 e. The average molecular weight is 601 g/mol. The SMILES string of the molecule is CN(C)[C@H]1C[C@@H](c2cccc(C(F)(F)F)c2)CC[C@@H]1Oc1cc(Cl)c(S(=O)(=O)Cc2ccncn2)cn1.O=CO.